The van der Waals surface area contributed by atoms with Gasteiger partial charge < -0.3 is 5.32 Å². The fourth-order valence-electron chi connectivity index (χ4n) is 2.16. The lowest BCUT2D eigenvalue weighted by Gasteiger charge is -2.18. The molecule has 1 aromatic heterocycles. The first-order chi connectivity index (χ1) is 8.00. The molecule has 5 heteroatoms. The highest BCUT2D eigenvalue weighted by Gasteiger charge is 2.28. The first-order valence-electron chi connectivity index (χ1n) is 6.17. The second-order valence-corrected chi connectivity index (χ2v) is 6.83. The largest absolute Gasteiger partial charge is 0.357 e. The van der Waals surface area contributed by atoms with Crippen LogP contribution >= 0.6 is 23.1 Å². The Bertz CT molecular complexity index is 372. The molecule has 1 N–H and O–H groups in total. The summed E-state index contributed by atoms with van der Waals surface area (Å²) in [4.78, 5) is 4.57. The molecule has 0 aromatic carbocycles. The number of rotatable bonds is 3. The molecule has 17 heavy (non-hydrogen) atoms. The van der Waals surface area contributed by atoms with E-state index in [1.54, 1.807) is 0 Å². The Balaban J connectivity index is 2.02. The van der Waals surface area contributed by atoms with E-state index in [0.29, 0.717) is 12.0 Å². The van der Waals surface area contributed by atoms with Crippen LogP contribution in [0.15, 0.2) is 0 Å². The van der Waals surface area contributed by atoms with Crippen molar-refractivity contribution in [2.75, 3.05) is 11.2 Å². The fraction of sp³-hybridized carbons (Fsp3) is 0.833. The molecular weight excluding hydrogens is 254 g/mol. The van der Waals surface area contributed by atoms with Crippen LogP contribution < -0.4 is 5.32 Å². The van der Waals surface area contributed by atoms with Gasteiger partial charge in [-0.05, 0) is 18.8 Å². The maximum absolute atomic E-state index is 5.97. The van der Waals surface area contributed by atoms with Crippen molar-refractivity contribution in [3.8, 4) is 0 Å². The molecule has 2 rings (SSSR count). The molecule has 3 nitrogen and oxygen atoms in total. The number of aromatic nitrogens is 2. The van der Waals surface area contributed by atoms with Crippen molar-refractivity contribution < 1.29 is 0 Å². The van der Waals surface area contributed by atoms with Crippen LogP contribution in [0.2, 0.25) is 0 Å². The van der Waals surface area contributed by atoms with Gasteiger partial charge in [-0.2, -0.15) is 4.37 Å². The summed E-state index contributed by atoms with van der Waals surface area (Å²) in [6.07, 6.45) is 3.69. The van der Waals surface area contributed by atoms with Crippen LogP contribution in [0.4, 0.5) is 5.13 Å². The number of hydrogen-bond acceptors (Lipinski definition) is 4. The molecule has 0 aliphatic heterocycles. The maximum Gasteiger partial charge on any atom is 0.202 e. The van der Waals surface area contributed by atoms with Gasteiger partial charge in [0.25, 0.3) is 0 Å². The average molecular weight is 274 g/mol. The van der Waals surface area contributed by atoms with Crippen LogP contribution in [0.1, 0.15) is 45.9 Å². The summed E-state index contributed by atoms with van der Waals surface area (Å²) in [7, 11) is 0. The van der Waals surface area contributed by atoms with E-state index in [4.69, 9.17) is 11.6 Å². The lowest BCUT2D eigenvalue weighted by Crippen LogP contribution is -2.25. The zero-order valence-corrected chi connectivity index (χ0v) is 12.2. The van der Waals surface area contributed by atoms with Gasteiger partial charge in [0, 0.05) is 28.9 Å². The Morgan fingerprint density at radius 1 is 1.41 bits per heavy atom. The van der Waals surface area contributed by atoms with Gasteiger partial charge in [-0.25, -0.2) is 4.98 Å². The van der Waals surface area contributed by atoms with E-state index in [1.807, 2.05) is 0 Å². The van der Waals surface area contributed by atoms with Crippen molar-refractivity contribution >= 4 is 28.3 Å². The summed E-state index contributed by atoms with van der Waals surface area (Å²) in [5.41, 5.74) is 0.0258. The predicted octanol–water partition coefficient (Wildman–Crippen LogP) is 3.66. The number of hydrogen-bond donors (Lipinski definition) is 1. The molecule has 0 bridgehead atoms. The molecule has 0 saturated heterocycles. The molecule has 1 saturated carbocycles. The lowest BCUT2D eigenvalue weighted by atomic mass is 9.96. The first kappa shape index (κ1) is 13.1. The van der Waals surface area contributed by atoms with Gasteiger partial charge in [-0.1, -0.05) is 27.2 Å². The minimum atomic E-state index is 0.0258. The standard InChI is InChI=1S/C12H20ClN3S/c1-12(2,3)10-15-11(17-16-10)14-9-6-4-5-8(9)7-13/h8-9H,4-7H2,1-3H3,(H,14,15,16). The molecule has 1 heterocycles. The maximum atomic E-state index is 5.97. The summed E-state index contributed by atoms with van der Waals surface area (Å²) in [6, 6.07) is 0.480. The summed E-state index contributed by atoms with van der Waals surface area (Å²) in [5, 5.41) is 4.44. The smallest absolute Gasteiger partial charge is 0.202 e. The average Bonchev–Trinajstić information content (AvgIpc) is 2.86. The Kier molecular flexibility index (Phi) is 3.93. The summed E-state index contributed by atoms with van der Waals surface area (Å²) < 4.78 is 4.42. The summed E-state index contributed by atoms with van der Waals surface area (Å²) in [6.45, 7) is 6.40. The second-order valence-electron chi connectivity index (χ2n) is 5.77. The van der Waals surface area contributed by atoms with Gasteiger partial charge in [0.05, 0.1) is 0 Å². The van der Waals surface area contributed by atoms with Crippen molar-refractivity contribution in [1.29, 1.82) is 0 Å². The zero-order valence-electron chi connectivity index (χ0n) is 10.7. The van der Waals surface area contributed by atoms with E-state index in [9.17, 15) is 0 Å². The second kappa shape index (κ2) is 5.11. The van der Waals surface area contributed by atoms with E-state index in [-0.39, 0.29) is 5.41 Å². The highest BCUT2D eigenvalue weighted by Crippen LogP contribution is 2.31. The third kappa shape index (κ3) is 3.10. The van der Waals surface area contributed by atoms with Crippen LogP contribution in [0.25, 0.3) is 0 Å². The number of halogens is 1. The van der Waals surface area contributed by atoms with E-state index in [2.05, 4.69) is 35.4 Å². The molecular formula is C12H20ClN3S. The highest BCUT2D eigenvalue weighted by molar-refractivity contribution is 7.09. The summed E-state index contributed by atoms with van der Waals surface area (Å²) in [5.74, 6) is 2.24. The number of anilines is 1. The van der Waals surface area contributed by atoms with Crippen molar-refractivity contribution in [2.45, 2.75) is 51.5 Å². The summed E-state index contributed by atoms with van der Waals surface area (Å²) >= 11 is 7.43. The highest BCUT2D eigenvalue weighted by atomic mass is 35.5. The zero-order chi connectivity index (χ0) is 12.5. The molecule has 0 radical (unpaired) electrons. The molecule has 2 atom stereocenters. The number of nitrogens with one attached hydrogen (secondary N) is 1. The van der Waals surface area contributed by atoms with Crippen LogP contribution in [0.5, 0.6) is 0 Å². The van der Waals surface area contributed by atoms with Gasteiger partial charge in [0.1, 0.15) is 5.82 Å². The van der Waals surface area contributed by atoms with Crippen LogP contribution in [-0.2, 0) is 5.41 Å². The molecule has 0 spiro atoms. The van der Waals surface area contributed by atoms with Crippen molar-refractivity contribution in [3.63, 3.8) is 0 Å². The molecule has 1 aliphatic carbocycles. The monoisotopic (exact) mass is 273 g/mol. The molecule has 2 unspecified atom stereocenters. The van der Waals surface area contributed by atoms with Gasteiger partial charge >= 0.3 is 0 Å². The van der Waals surface area contributed by atoms with E-state index in [1.165, 1.54) is 30.8 Å². The quantitative estimate of drug-likeness (QED) is 0.854. The molecule has 1 aromatic rings. The molecule has 96 valence electrons. The van der Waals surface area contributed by atoms with Gasteiger partial charge in [0.2, 0.25) is 5.13 Å². The molecule has 0 amide bonds. The Morgan fingerprint density at radius 2 is 2.18 bits per heavy atom. The van der Waals surface area contributed by atoms with Crippen LogP contribution in [0.3, 0.4) is 0 Å². The van der Waals surface area contributed by atoms with Gasteiger partial charge in [0.15, 0.2) is 0 Å². The van der Waals surface area contributed by atoms with E-state index < -0.39 is 0 Å². The normalized spacial score (nSPS) is 25.2. The van der Waals surface area contributed by atoms with Crippen molar-refractivity contribution in [3.05, 3.63) is 5.82 Å². The van der Waals surface area contributed by atoms with Crippen molar-refractivity contribution in [1.82, 2.24) is 9.36 Å². The van der Waals surface area contributed by atoms with Crippen LogP contribution in [-0.4, -0.2) is 21.3 Å². The van der Waals surface area contributed by atoms with E-state index >= 15 is 0 Å². The van der Waals surface area contributed by atoms with E-state index in [0.717, 1.165) is 16.8 Å². The topological polar surface area (TPSA) is 37.8 Å². The Hall–Kier alpha value is -0.350. The third-order valence-electron chi connectivity index (χ3n) is 3.26. The van der Waals surface area contributed by atoms with Gasteiger partial charge in [-0.15, -0.1) is 11.6 Å². The Labute approximate surface area is 112 Å². The first-order valence-corrected chi connectivity index (χ1v) is 7.48. The number of alkyl halides is 1. The molecule has 1 fully saturated rings. The van der Waals surface area contributed by atoms with Crippen molar-refractivity contribution in [2.24, 2.45) is 5.92 Å². The predicted molar refractivity (Wildman–Crippen MR) is 74.1 cm³/mol. The fourth-order valence-corrected chi connectivity index (χ4v) is 3.35. The molecule has 1 aliphatic rings. The Morgan fingerprint density at radius 3 is 2.76 bits per heavy atom. The lowest BCUT2D eigenvalue weighted by molar-refractivity contribution is 0.549. The minimum Gasteiger partial charge on any atom is -0.357 e. The van der Waals surface area contributed by atoms with Crippen LogP contribution in [0, 0.1) is 5.92 Å². The number of nitrogens with zero attached hydrogens (tertiary/aromatic N) is 2. The third-order valence-corrected chi connectivity index (χ3v) is 4.31. The SMILES string of the molecule is CC(C)(C)c1nsc(NC2CCCC2CCl)n1. The van der Waals surface area contributed by atoms with Gasteiger partial charge in [-0.3, -0.25) is 0 Å². The minimum absolute atomic E-state index is 0.0258.